The van der Waals surface area contributed by atoms with Crippen LogP contribution < -0.4 is 9.03 Å². The number of hydrogen-bond donors (Lipinski definition) is 1. The first-order valence-corrected chi connectivity index (χ1v) is 9.40. The largest absolute Gasteiger partial charge is 0.326 e. The van der Waals surface area contributed by atoms with Gasteiger partial charge >= 0.3 is 10.2 Å². The number of anilines is 1. The SMILES string of the molecule is Cc1cc(CN(C)CC2CCC2)ccc1N1CC(=O)NS1(=O)=O. The Bertz CT molecular complexity index is 713. The maximum absolute atomic E-state index is 11.9. The van der Waals surface area contributed by atoms with Gasteiger partial charge in [-0.25, -0.2) is 9.03 Å². The second kappa shape index (κ2) is 6.13. The van der Waals surface area contributed by atoms with Crippen LogP contribution in [0.15, 0.2) is 18.2 Å². The van der Waals surface area contributed by atoms with Crippen molar-refractivity contribution in [2.45, 2.75) is 32.7 Å². The molecule has 23 heavy (non-hydrogen) atoms. The highest BCUT2D eigenvalue weighted by molar-refractivity contribution is 7.92. The minimum atomic E-state index is -3.74. The lowest BCUT2D eigenvalue weighted by Gasteiger charge is -2.30. The molecule has 0 aromatic heterocycles. The molecule has 0 spiro atoms. The van der Waals surface area contributed by atoms with Crippen molar-refractivity contribution in [3.05, 3.63) is 29.3 Å². The summed E-state index contributed by atoms with van der Waals surface area (Å²) in [6.07, 6.45) is 4.01. The van der Waals surface area contributed by atoms with Crippen LogP contribution in [0.4, 0.5) is 5.69 Å². The molecular weight excluding hydrogens is 314 g/mol. The third-order valence-corrected chi connectivity index (χ3v) is 5.99. The van der Waals surface area contributed by atoms with E-state index >= 15 is 0 Å². The molecule has 1 N–H and O–H groups in total. The molecule has 0 atom stereocenters. The van der Waals surface area contributed by atoms with Crippen molar-refractivity contribution in [1.82, 2.24) is 9.62 Å². The minimum absolute atomic E-state index is 0.149. The number of nitrogens with one attached hydrogen (secondary N) is 1. The zero-order chi connectivity index (χ0) is 16.6. The van der Waals surface area contributed by atoms with Crippen molar-refractivity contribution in [3.63, 3.8) is 0 Å². The van der Waals surface area contributed by atoms with Gasteiger partial charge in [0.15, 0.2) is 0 Å². The Balaban J connectivity index is 1.71. The first-order chi connectivity index (χ1) is 10.8. The highest BCUT2D eigenvalue weighted by atomic mass is 32.2. The predicted molar refractivity (Wildman–Crippen MR) is 89.3 cm³/mol. The Labute approximate surface area is 137 Å². The van der Waals surface area contributed by atoms with E-state index in [1.165, 1.54) is 19.3 Å². The maximum atomic E-state index is 11.9. The van der Waals surface area contributed by atoms with E-state index in [0.717, 1.165) is 34.4 Å². The summed E-state index contributed by atoms with van der Waals surface area (Å²) in [4.78, 5) is 13.7. The number of carbonyl (C=O) groups excluding carboxylic acids is 1. The predicted octanol–water partition coefficient (Wildman–Crippen LogP) is 1.41. The third-order valence-electron chi connectivity index (χ3n) is 4.60. The lowest BCUT2D eigenvalue weighted by Crippen LogP contribution is -2.30. The standard InChI is InChI=1S/C16H23N3O3S/c1-12-8-14(10-18(2)9-13-4-3-5-13)6-7-15(12)19-11-16(20)17-23(19,21)22/h6-8,13H,3-5,9-11H2,1-2H3,(H,17,20). The van der Waals surface area contributed by atoms with E-state index in [1.54, 1.807) is 6.07 Å². The molecule has 3 rings (SSSR count). The van der Waals surface area contributed by atoms with E-state index < -0.39 is 16.1 Å². The van der Waals surface area contributed by atoms with Crippen molar-refractivity contribution in [3.8, 4) is 0 Å². The van der Waals surface area contributed by atoms with E-state index in [-0.39, 0.29) is 6.54 Å². The Hall–Kier alpha value is -1.60. The Morgan fingerprint density at radius 1 is 1.35 bits per heavy atom. The lowest BCUT2D eigenvalue weighted by molar-refractivity contribution is -0.117. The van der Waals surface area contributed by atoms with Gasteiger partial charge < -0.3 is 4.90 Å². The van der Waals surface area contributed by atoms with E-state index in [9.17, 15) is 13.2 Å². The van der Waals surface area contributed by atoms with Gasteiger partial charge in [-0.2, -0.15) is 8.42 Å². The van der Waals surface area contributed by atoms with E-state index in [1.807, 2.05) is 23.8 Å². The molecule has 6 nitrogen and oxygen atoms in total. The number of benzene rings is 1. The number of aryl methyl sites for hydroxylation is 1. The quantitative estimate of drug-likeness (QED) is 0.882. The number of rotatable bonds is 5. The second-order valence-corrected chi connectivity index (χ2v) is 8.25. The van der Waals surface area contributed by atoms with Crippen LogP contribution in [0.25, 0.3) is 0 Å². The second-order valence-electron chi connectivity index (χ2n) is 6.65. The normalized spacial score (nSPS) is 20.7. The Morgan fingerprint density at radius 2 is 2.09 bits per heavy atom. The first kappa shape index (κ1) is 16.3. The van der Waals surface area contributed by atoms with Gasteiger partial charge in [-0.3, -0.25) is 4.79 Å². The fourth-order valence-corrected chi connectivity index (χ4v) is 4.46. The van der Waals surface area contributed by atoms with E-state index in [4.69, 9.17) is 0 Å². The zero-order valence-electron chi connectivity index (χ0n) is 13.6. The van der Waals surface area contributed by atoms with Gasteiger partial charge in [-0.1, -0.05) is 18.6 Å². The molecular formula is C16H23N3O3S. The first-order valence-electron chi connectivity index (χ1n) is 7.96. The van der Waals surface area contributed by atoms with E-state index in [2.05, 4.69) is 11.9 Å². The van der Waals surface area contributed by atoms with Gasteiger partial charge in [0.05, 0.1) is 5.69 Å². The highest BCUT2D eigenvalue weighted by Gasteiger charge is 2.34. The average molecular weight is 337 g/mol. The fraction of sp³-hybridized carbons (Fsp3) is 0.562. The van der Waals surface area contributed by atoms with E-state index in [0.29, 0.717) is 5.69 Å². The van der Waals surface area contributed by atoms with Gasteiger partial charge in [0.2, 0.25) is 0 Å². The molecule has 1 amide bonds. The molecule has 0 bridgehead atoms. The van der Waals surface area contributed by atoms with Gasteiger partial charge in [-0.15, -0.1) is 0 Å². The molecule has 0 radical (unpaired) electrons. The van der Waals surface area contributed by atoms with Crippen LogP contribution in [0.5, 0.6) is 0 Å². The summed E-state index contributed by atoms with van der Waals surface area (Å²) in [6, 6.07) is 5.74. The van der Waals surface area contributed by atoms with Gasteiger partial charge in [0.25, 0.3) is 5.91 Å². The van der Waals surface area contributed by atoms with Crippen LogP contribution in [0.2, 0.25) is 0 Å². The molecule has 2 aliphatic rings. The molecule has 1 saturated carbocycles. The summed E-state index contributed by atoms with van der Waals surface area (Å²) in [5.74, 6) is 0.334. The summed E-state index contributed by atoms with van der Waals surface area (Å²) in [6.45, 7) is 3.69. The van der Waals surface area contributed by atoms with Crippen LogP contribution in [0.1, 0.15) is 30.4 Å². The molecule has 0 unspecified atom stereocenters. The topological polar surface area (TPSA) is 69.7 Å². The number of carbonyl (C=O) groups is 1. The maximum Gasteiger partial charge on any atom is 0.326 e. The summed E-state index contributed by atoms with van der Waals surface area (Å²) in [5, 5.41) is 0. The molecule has 2 fully saturated rings. The number of amides is 1. The smallest absolute Gasteiger partial charge is 0.302 e. The zero-order valence-corrected chi connectivity index (χ0v) is 14.4. The molecule has 7 heteroatoms. The summed E-state index contributed by atoms with van der Waals surface area (Å²) < 4.78 is 27.0. The summed E-state index contributed by atoms with van der Waals surface area (Å²) in [5.41, 5.74) is 2.58. The molecule has 1 aromatic rings. The van der Waals surface area contributed by atoms with Crippen LogP contribution in [0, 0.1) is 12.8 Å². The van der Waals surface area contributed by atoms with Crippen molar-refractivity contribution in [2.24, 2.45) is 5.92 Å². The van der Waals surface area contributed by atoms with Crippen molar-refractivity contribution in [1.29, 1.82) is 0 Å². The molecule has 1 heterocycles. The summed E-state index contributed by atoms with van der Waals surface area (Å²) >= 11 is 0. The van der Waals surface area contributed by atoms with Gasteiger partial charge in [0, 0.05) is 13.1 Å². The average Bonchev–Trinajstić information content (AvgIpc) is 2.67. The summed E-state index contributed by atoms with van der Waals surface area (Å²) in [7, 11) is -1.62. The van der Waals surface area contributed by atoms with Gasteiger partial charge in [-0.05, 0) is 49.9 Å². The number of hydrogen-bond acceptors (Lipinski definition) is 4. The Kier molecular flexibility index (Phi) is 4.33. The minimum Gasteiger partial charge on any atom is -0.302 e. The van der Waals surface area contributed by atoms with Gasteiger partial charge in [0.1, 0.15) is 6.54 Å². The molecule has 126 valence electrons. The van der Waals surface area contributed by atoms with Crippen LogP contribution in [-0.2, 0) is 21.5 Å². The van der Waals surface area contributed by atoms with Crippen molar-refractivity contribution >= 4 is 21.8 Å². The molecule has 1 aliphatic carbocycles. The van der Waals surface area contributed by atoms with Crippen molar-refractivity contribution < 1.29 is 13.2 Å². The number of nitrogens with zero attached hydrogens (tertiary/aromatic N) is 2. The van der Waals surface area contributed by atoms with Crippen LogP contribution in [-0.4, -0.2) is 39.4 Å². The van der Waals surface area contributed by atoms with Crippen LogP contribution in [0.3, 0.4) is 0 Å². The molecule has 1 aromatic carbocycles. The third kappa shape index (κ3) is 3.50. The molecule has 1 aliphatic heterocycles. The highest BCUT2D eigenvalue weighted by Crippen LogP contribution is 2.28. The monoisotopic (exact) mass is 337 g/mol. The Morgan fingerprint density at radius 3 is 2.61 bits per heavy atom. The van der Waals surface area contributed by atoms with Crippen molar-refractivity contribution in [2.75, 3.05) is 24.4 Å². The van der Waals surface area contributed by atoms with Crippen LogP contribution >= 0.6 is 0 Å². The fourth-order valence-electron chi connectivity index (χ4n) is 3.25. The molecule has 1 saturated heterocycles. The lowest BCUT2D eigenvalue weighted by atomic mass is 9.85.